The van der Waals surface area contributed by atoms with Gasteiger partial charge in [0.05, 0.1) is 13.3 Å². The van der Waals surface area contributed by atoms with E-state index < -0.39 is 0 Å². The third kappa shape index (κ3) is 5.58. The topological polar surface area (TPSA) is 59.9 Å². The lowest BCUT2D eigenvalue weighted by Crippen LogP contribution is -2.24. The number of ether oxygens (including phenoxy) is 2. The molecule has 0 saturated carbocycles. The fourth-order valence-electron chi connectivity index (χ4n) is 2.66. The molecule has 0 spiro atoms. The van der Waals surface area contributed by atoms with Crippen molar-refractivity contribution in [2.24, 2.45) is 5.10 Å². The maximum atomic E-state index is 11.9. The van der Waals surface area contributed by atoms with E-state index in [1.165, 1.54) is 5.56 Å². The number of benzene rings is 2. The summed E-state index contributed by atoms with van der Waals surface area (Å²) in [5, 5.41) is 4.01. The molecule has 2 aromatic rings. The van der Waals surface area contributed by atoms with Gasteiger partial charge in [0.15, 0.2) is 6.61 Å². The third-order valence-corrected chi connectivity index (χ3v) is 4.82. The van der Waals surface area contributed by atoms with Gasteiger partial charge < -0.3 is 9.47 Å². The van der Waals surface area contributed by atoms with E-state index >= 15 is 0 Å². The highest BCUT2D eigenvalue weighted by Crippen LogP contribution is 2.23. The number of carbonyl (C=O) groups is 1. The number of carbonyl (C=O) groups excluding carboxylic acids is 1. The molecule has 0 bridgehead atoms. The Labute approximate surface area is 161 Å². The number of hydrogen-bond acceptors (Lipinski definition) is 4. The second kappa shape index (κ2) is 9.76. The van der Waals surface area contributed by atoms with Crippen LogP contribution in [0.4, 0.5) is 0 Å². The highest BCUT2D eigenvalue weighted by molar-refractivity contribution is 5.85. The normalized spacial score (nSPS) is 12.0. The number of hydrazone groups is 1. The molecule has 0 saturated heterocycles. The van der Waals surface area contributed by atoms with Crippen molar-refractivity contribution in [1.29, 1.82) is 0 Å². The Morgan fingerprint density at radius 1 is 1.15 bits per heavy atom. The van der Waals surface area contributed by atoms with E-state index in [1.54, 1.807) is 13.3 Å². The zero-order valence-electron chi connectivity index (χ0n) is 16.7. The molecular weight excluding hydrogens is 340 g/mol. The summed E-state index contributed by atoms with van der Waals surface area (Å²) in [6.07, 6.45) is 2.72. The van der Waals surface area contributed by atoms with Gasteiger partial charge in [-0.1, -0.05) is 26.0 Å². The molecule has 27 heavy (non-hydrogen) atoms. The molecule has 1 unspecified atom stereocenters. The molecule has 2 rings (SSSR count). The van der Waals surface area contributed by atoms with Gasteiger partial charge >= 0.3 is 0 Å². The van der Waals surface area contributed by atoms with E-state index in [4.69, 9.17) is 9.47 Å². The lowest BCUT2D eigenvalue weighted by atomic mass is 9.99. The summed E-state index contributed by atoms with van der Waals surface area (Å²) in [5.74, 6) is 1.71. The Balaban J connectivity index is 1.86. The third-order valence-electron chi connectivity index (χ3n) is 4.82. The Hall–Kier alpha value is -2.82. The first-order chi connectivity index (χ1) is 13.0. The molecule has 0 aliphatic carbocycles. The second-order valence-electron chi connectivity index (χ2n) is 6.57. The first-order valence-electron chi connectivity index (χ1n) is 9.15. The first-order valence-corrected chi connectivity index (χ1v) is 9.15. The van der Waals surface area contributed by atoms with Gasteiger partial charge in [0.2, 0.25) is 0 Å². The SMILES string of the molecule is CCC(C)c1ccc(OCC(=O)N/N=C/c2ccc(OC)c(C)c2C)cc1. The average Bonchev–Trinajstić information content (AvgIpc) is 2.69. The van der Waals surface area contributed by atoms with E-state index in [9.17, 15) is 4.79 Å². The Kier molecular flexibility index (Phi) is 7.41. The summed E-state index contributed by atoms with van der Waals surface area (Å²) >= 11 is 0. The fraction of sp³-hybridized carbons (Fsp3) is 0.364. The van der Waals surface area contributed by atoms with E-state index in [-0.39, 0.29) is 12.5 Å². The van der Waals surface area contributed by atoms with Crippen LogP contribution in [0.1, 0.15) is 48.4 Å². The van der Waals surface area contributed by atoms with Gasteiger partial charge in [0.1, 0.15) is 11.5 Å². The number of nitrogens with zero attached hydrogens (tertiary/aromatic N) is 1. The Morgan fingerprint density at radius 3 is 2.48 bits per heavy atom. The maximum Gasteiger partial charge on any atom is 0.277 e. The van der Waals surface area contributed by atoms with Crippen LogP contribution in [0.3, 0.4) is 0 Å². The van der Waals surface area contributed by atoms with Gasteiger partial charge in [-0.3, -0.25) is 4.79 Å². The van der Waals surface area contributed by atoms with Crippen LogP contribution in [-0.2, 0) is 4.79 Å². The minimum Gasteiger partial charge on any atom is -0.496 e. The molecular formula is C22H28N2O3. The molecule has 1 atom stereocenters. The first kappa shape index (κ1) is 20.5. The van der Waals surface area contributed by atoms with Gasteiger partial charge in [0, 0.05) is 0 Å². The van der Waals surface area contributed by atoms with Crippen LogP contribution in [0.15, 0.2) is 41.5 Å². The van der Waals surface area contributed by atoms with Crippen LogP contribution < -0.4 is 14.9 Å². The van der Waals surface area contributed by atoms with Crippen molar-refractivity contribution in [2.45, 2.75) is 40.0 Å². The van der Waals surface area contributed by atoms with Crippen LogP contribution in [0.2, 0.25) is 0 Å². The summed E-state index contributed by atoms with van der Waals surface area (Å²) < 4.78 is 10.8. The summed E-state index contributed by atoms with van der Waals surface area (Å²) in [7, 11) is 1.65. The minimum absolute atomic E-state index is 0.0827. The van der Waals surface area contributed by atoms with E-state index in [1.807, 2.05) is 50.2 Å². The smallest absolute Gasteiger partial charge is 0.277 e. The van der Waals surface area contributed by atoms with Crippen molar-refractivity contribution in [3.05, 3.63) is 58.7 Å². The van der Waals surface area contributed by atoms with Crippen molar-refractivity contribution in [3.8, 4) is 11.5 Å². The summed E-state index contributed by atoms with van der Waals surface area (Å²) in [6.45, 7) is 8.25. The lowest BCUT2D eigenvalue weighted by molar-refractivity contribution is -0.123. The molecule has 0 heterocycles. The van der Waals surface area contributed by atoms with Crippen molar-refractivity contribution >= 4 is 12.1 Å². The van der Waals surface area contributed by atoms with Crippen molar-refractivity contribution in [2.75, 3.05) is 13.7 Å². The van der Waals surface area contributed by atoms with Crippen molar-refractivity contribution in [1.82, 2.24) is 5.43 Å². The molecule has 0 aliphatic heterocycles. The molecule has 5 heteroatoms. The summed E-state index contributed by atoms with van der Waals surface area (Å²) in [4.78, 5) is 11.9. The number of nitrogens with one attached hydrogen (secondary N) is 1. The van der Waals surface area contributed by atoms with Crippen LogP contribution in [-0.4, -0.2) is 25.8 Å². The van der Waals surface area contributed by atoms with Gasteiger partial charge in [-0.05, 0) is 72.7 Å². The van der Waals surface area contributed by atoms with Crippen LogP contribution in [0.5, 0.6) is 11.5 Å². The van der Waals surface area contributed by atoms with Gasteiger partial charge in [-0.15, -0.1) is 0 Å². The molecule has 5 nitrogen and oxygen atoms in total. The average molecular weight is 368 g/mol. The van der Waals surface area contributed by atoms with Gasteiger partial charge in [-0.25, -0.2) is 5.43 Å². The molecule has 0 fully saturated rings. The van der Waals surface area contributed by atoms with Gasteiger partial charge in [0.25, 0.3) is 5.91 Å². The highest BCUT2D eigenvalue weighted by Gasteiger charge is 2.06. The maximum absolute atomic E-state index is 11.9. The largest absolute Gasteiger partial charge is 0.496 e. The van der Waals surface area contributed by atoms with Crippen molar-refractivity contribution in [3.63, 3.8) is 0 Å². The van der Waals surface area contributed by atoms with E-state index in [2.05, 4.69) is 24.4 Å². The zero-order chi connectivity index (χ0) is 19.8. The molecule has 0 aliphatic rings. The number of amides is 1. The molecule has 1 amide bonds. The highest BCUT2D eigenvalue weighted by atomic mass is 16.5. The summed E-state index contributed by atoms with van der Waals surface area (Å²) in [5.41, 5.74) is 6.80. The fourth-order valence-corrected chi connectivity index (χ4v) is 2.66. The Morgan fingerprint density at radius 2 is 1.85 bits per heavy atom. The molecule has 1 N–H and O–H groups in total. The second-order valence-corrected chi connectivity index (χ2v) is 6.57. The summed E-state index contributed by atoms with van der Waals surface area (Å²) in [6, 6.07) is 11.6. The molecule has 0 aromatic heterocycles. The quantitative estimate of drug-likeness (QED) is 0.556. The lowest BCUT2D eigenvalue weighted by Gasteiger charge is -2.10. The van der Waals surface area contributed by atoms with Crippen LogP contribution in [0, 0.1) is 13.8 Å². The number of hydrogen-bond donors (Lipinski definition) is 1. The predicted octanol–water partition coefficient (Wildman–Crippen LogP) is 4.35. The van der Waals surface area contributed by atoms with Crippen molar-refractivity contribution < 1.29 is 14.3 Å². The van der Waals surface area contributed by atoms with Gasteiger partial charge in [-0.2, -0.15) is 5.10 Å². The van der Waals surface area contributed by atoms with E-state index in [0.717, 1.165) is 28.9 Å². The monoisotopic (exact) mass is 368 g/mol. The molecule has 144 valence electrons. The Bertz CT molecular complexity index is 798. The predicted molar refractivity (Wildman–Crippen MR) is 109 cm³/mol. The van der Waals surface area contributed by atoms with E-state index in [0.29, 0.717) is 11.7 Å². The molecule has 2 aromatic carbocycles. The van der Waals surface area contributed by atoms with Crippen LogP contribution >= 0.6 is 0 Å². The molecule has 0 radical (unpaired) electrons. The number of methoxy groups -OCH3 is 1. The standard InChI is InChI=1S/C22H28N2O3/c1-6-15(2)18-7-10-20(11-8-18)27-14-22(25)24-23-13-19-9-12-21(26-5)17(4)16(19)3/h7-13,15H,6,14H2,1-5H3,(H,24,25)/b23-13+. The zero-order valence-corrected chi connectivity index (χ0v) is 16.7. The minimum atomic E-state index is -0.305. The van der Waals surface area contributed by atoms with Crippen LogP contribution in [0.25, 0.3) is 0 Å². The number of rotatable bonds is 8.